The van der Waals surface area contributed by atoms with Crippen molar-refractivity contribution in [2.24, 2.45) is 5.92 Å². The number of rotatable bonds is 1. The van der Waals surface area contributed by atoms with Crippen molar-refractivity contribution in [2.45, 2.75) is 12.8 Å². The summed E-state index contributed by atoms with van der Waals surface area (Å²) in [6.07, 6.45) is 3.08. The predicted octanol–water partition coefficient (Wildman–Crippen LogP) is 0.0103. The van der Waals surface area contributed by atoms with Gasteiger partial charge in [-0.05, 0) is 12.8 Å². The lowest BCUT2D eigenvalue weighted by Gasteiger charge is -2.19. The Bertz CT molecular complexity index is 179. The molecule has 60 valence electrons. The van der Waals surface area contributed by atoms with Crippen LogP contribution in [-0.4, -0.2) is 19.1 Å². The zero-order chi connectivity index (χ0) is 8.10. The smallest absolute Gasteiger partial charge is 0.236 e. The summed E-state index contributed by atoms with van der Waals surface area (Å²) in [7, 11) is 0. The number of carbonyl (C=O) groups is 1. The Balaban J connectivity index is 2.34. The number of nitriles is 1. The van der Waals surface area contributed by atoms with Gasteiger partial charge in [-0.15, -0.1) is 0 Å². The van der Waals surface area contributed by atoms with Crippen LogP contribution in [0, 0.1) is 17.4 Å². The summed E-state index contributed by atoms with van der Waals surface area (Å²) < 4.78 is 5.07. The second-order valence-electron chi connectivity index (χ2n) is 2.49. The highest BCUT2D eigenvalue weighted by atomic mass is 16.5. The molecule has 1 aliphatic heterocycles. The molecule has 4 heteroatoms. The van der Waals surface area contributed by atoms with Crippen LogP contribution in [0.25, 0.3) is 0 Å². The average molecular weight is 154 g/mol. The van der Waals surface area contributed by atoms with Gasteiger partial charge in [0.25, 0.3) is 0 Å². The van der Waals surface area contributed by atoms with Gasteiger partial charge in [-0.3, -0.25) is 10.1 Å². The van der Waals surface area contributed by atoms with E-state index in [1.807, 2.05) is 0 Å². The molecule has 0 aromatic heterocycles. The van der Waals surface area contributed by atoms with Gasteiger partial charge in [0.05, 0.1) is 0 Å². The molecule has 1 rings (SSSR count). The highest BCUT2D eigenvalue weighted by Crippen LogP contribution is 2.13. The molecule has 0 aromatic rings. The van der Waals surface area contributed by atoms with E-state index in [0.717, 1.165) is 12.8 Å². The van der Waals surface area contributed by atoms with Crippen LogP contribution in [0.4, 0.5) is 0 Å². The summed E-state index contributed by atoms with van der Waals surface area (Å²) in [5.41, 5.74) is 0. The molecular formula is C7H10N2O2. The number of nitrogens with one attached hydrogen (secondary N) is 1. The van der Waals surface area contributed by atoms with Gasteiger partial charge in [-0.25, -0.2) is 0 Å². The molecule has 0 aromatic carbocycles. The molecule has 1 amide bonds. The van der Waals surface area contributed by atoms with Crippen molar-refractivity contribution >= 4 is 5.91 Å². The fourth-order valence-corrected chi connectivity index (χ4v) is 1.12. The quantitative estimate of drug-likeness (QED) is 0.427. The first-order chi connectivity index (χ1) is 5.34. The van der Waals surface area contributed by atoms with Crippen LogP contribution in [0.2, 0.25) is 0 Å². The summed E-state index contributed by atoms with van der Waals surface area (Å²) in [5.74, 6) is -0.195. The molecule has 0 atom stereocenters. The first-order valence-corrected chi connectivity index (χ1v) is 3.61. The van der Waals surface area contributed by atoms with E-state index in [9.17, 15) is 4.79 Å². The number of hydrogen-bond donors (Lipinski definition) is 1. The van der Waals surface area contributed by atoms with E-state index in [-0.39, 0.29) is 11.8 Å². The van der Waals surface area contributed by atoms with Crippen LogP contribution < -0.4 is 5.32 Å². The molecule has 0 aliphatic carbocycles. The lowest BCUT2D eigenvalue weighted by Crippen LogP contribution is -2.31. The Morgan fingerprint density at radius 1 is 1.55 bits per heavy atom. The number of nitrogens with zero attached hydrogens (tertiary/aromatic N) is 1. The van der Waals surface area contributed by atoms with Crippen LogP contribution in [0.5, 0.6) is 0 Å². The molecular weight excluding hydrogens is 144 g/mol. The third-order valence-corrected chi connectivity index (χ3v) is 1.77. The minimum atomic E-state index is -0.171. The van der Waals surface area contributed by atoms with Gasteiger partial charge >= 0.3 is 0 Å². The first kappa shape index (κ1) is 8.02. The molecule has 0 unspecified atom stereocenters. The van der Waals surface area contributed by atoms with Gasteiger partial charge in [-0.2, -0.15) is 5.26 Å². The Morgan fingerprint density at radius 3 is 2.73 bits per heavy atom. The molecule has 1 N–H and O–H groups in total. The predicted molar refractivity (Wildman–Crippen MR) is 37.3 cm³/mol. The molecule has 1 aliphatic rings. The molecule has 1 saturated heterocycles. The minimum Gasteiger partial charge on any atom is -0.381 e. The zero-order valence-corrected chi connectivity index (χ0v) is 6.17. The highest BCUT2D eigenvalue weighted by Gasteiger charge is 2.20. The van der Waals surface area contributed by atoms with E-state index in [1.165, 1.54) is 0 Å². The van der Waals surface area contributed by atoms with Crippen molar-refractivity contribution in [3.05, 3.63) is 0 Å². The number of amides is 1. The van der Waals surface area contributed by atoms with Crippen molar-refractivity contribution in [1.82, 2.24) is 5.32 Å². The van der Waals surface area contributed by atoms with Gasteiger partial charge in [0, 0.05) is 19.1 Å². The van der Waals surface area contributed by atoms with Crippen LogP contribution >= 0.6 is 0 Å². The molecule has 0 radical (unpaired) electrons. The SMILES string of the molecule is N#CNC(=O)C1CCOCC1. The van der Waals surface area contributed by atoms with Crippen LogP contribution in [-0.2, 0) is 9.53 Å². The molecule has 0 spiro atoms. The third-order valence-electron chi connectivity index (χ3n) is 1.77. The summed E-state index contributed by atoms with van der Waals surface area (Å²) in [6, 6.07) is 0. The Morgan fingerprint density at radius 2 is 2.18 bits per heavy atom. The van der Waals surface area contributed by atoms with Crippen molar-refractivity contribution in [2.75, 3.05) is 13.2 Å². The topological polar surface area (TPSA) is 62.1 Å². The van der Waals surface area contributed by atoms with Crippen LogP contribution in [0.3, 0.4) is 0 Å². The first-order valence-electron chi connectivity index (χ1n) is 3.61. The van der Waals surface area contributed by atoms with E-state index in [1.54, 1.807) is 6.19 Å². The summed E-state index contributed by atoms with van der Waals surface area (Å²) >= 11 is 0. The lowest BCUT2D eigenvalue weighted by atomic mass is 10.00. The van der Waals surface area contributed by atoms with E-state index < -0.39 is 0 Å². The normalized spacial score (nSPS) is 18.8. The molecule has 1 fully saturated rings. The average Bonchev–Trinajstić information content (AvgIpc) is 2.07. The van der Waals surface area contributed by atoms with E-state index in [0.29, 0.717) is 13.2 Å². The van der Waals surface area contributed by atoms with Gasteiger partial charge < -0.3 is 4.74 Å². The third kappa shape index (κ3) is 2.20. The Kier molecular flexibility index (Phi) is 2.87. The van der Waals surface area contributed by atoms with E-state index >= 15 is 0 Å². The van der Waals surface area contributed by atoms with Gasteiger partial charge in [0.15, 0.2) is 6.19 Å². The van der Waals surface area contributed by atoms with Crippen LogP contribution in [0.15, 0.2) is 0 Å². The second kappa shape index (κ2) is 3.94. The summed E-state index contributed by atoms with van der Waals surface area (Å²) in [5, 5.41) is 10.3. The van der Waals surface area contributed by atoms with E-state index in [2.05, 4.69) is 5.32 Å². The second-order valence-corrected chi connectivity index (χ2v) is 2.49. The minimum absolute atomic E-state index is 0.0246. The number of ether oxygens (including phenoxy) is 1. The van der Waals surface area contributed by atoms with Crippen molar-refractivity contribution < 1.29 is 9.53 Å². The van der Waals surface area contributed by atoms with E-state index in [4.69, 9.17) is 10.00 Å². The molecule has 0 saturated carbocycles. The summed E-state index contributed by atoms with van der Waals surface area (Å²) in [4.78, 5) is 11.0. The molecule has 4 nitrogen and oxygen atoms in total. The largest absolute Gasteiger partial charge is 0.381 e. The van der Waals surface area contributed by atoms with Crippen molar-refractivity contribution in [1.29, 1.82) is 5.26 Å². The maximum absolute atomic E-state index is 11.0. The van der Waals surface area contributed by atoms with Crippen molar-refractivity contribution in [3.8, 4) is 6.19 Å². The molecule has 0 bridgehead atoms. The Labute approximate surface area is 65.1 Å². The molecule has 11 heavy (non-hydrogen) atoms. The zero-order valence-electron chi connectivity index (χ0n) is 6.17. The number of hydrogen-bond acceptors (Lipinski definition) is 3. The molecule has 1 heterocycles. The van der Waals surface area contributed by atoms with Gasteiger partial charge in [0.1, 0.15) is 0 Å². The monoisotopic (exact) mass is 154 g/mol. The maximum Gasteiger partial charge on any atom is 0.236 e. The number of carbonyl (C=O) groups excluding carboxylic acids is 1. The lowest BCUT2D eigenvalue weighted by molar-refractivity contribution is -0.126. The maximum atomic E-state index is 11.0. The Hall–Kier alpha value is -1.08. The van der Waals surface area contributed by atoms with Crippen LogP contribution in [0.1, 0.15) is 12.8 Å². The van der Waals surface area contributed by atoms with Crippen molar-refractivity contribution in [3.63, 3.8) is 0 Å². The summed E-state index contributed by atoms with van der Waals surface area (Å²) in [6.45, 7) is 1.26. The standard InChI is InChI=1S/C7H10N2O2/c8-5-9-7(10)6-1-3-11-4-2-6/h6H,1-4H2,(H,9,10). The fourth-order valence-electron chi connectivity index (χ4n) is 1.12. The highest BCUT2D eigenvalue weighted by molar-refractivity contribution is 5.79. The van der Waals surface area contributed by atoms with Gasteiger partial charge in [-0.1, -0.05) is 0 Å². The fraction of sp³-hybridized carbons (Fsp3) is 0.714. The van der Waals surface area contributed by atoms with Gasteiger partial charge in [0.2, 0.25) is 5.91 Å².